The van der Waals surface area contributed by atoms with E-state index in [0.29, 0.717) is 6.54 Å². The van der Waals surface area contributed by atoms with Crippen LogP contribution in [0.4, 0.5) is 4.39 Å². The molecule has 7 heteroatoms. The Hall–Kier alpha value is -3.06. The van der Waals surface area contributed by atoms with Gasteiger partial charge in [-0.05, 0) is 42.0 Å². The predicted molar refractivity (Wildman–Crippen MR) is 98.3 cm³/mol. The number of amides is 1. The lowest BCUT2D eigenvalue weighted by Crippen LogP contribution is -2.24. The van der Waals surface area contributed by atoms with Gasteiger partial charge in [0.2, 0.25) is 5.91 Å². The second-order valence-corrected chi connectivity index (χ2v) is 6.66. The van der Waals surface area contributed by atoms with Gasteiger partial charge in [0.15, 0.2) is 4.96 Å². The summed E-state index contributed by atoms with van der Waals surface area (Å²) >= 11 is 1.48. The molecular formula is C19H15FN4OS. The topological polar surface area (TPSA) is 59.3 Å². The van der Waals surface area contributed by atoms with Crippen LogP contribution in [0, 0.1) is 5.82 Å². The number of carbonyl (C=O) groups excluding carboxylic acids is 1. The molecule has 3 aromatic heterocycles. The Bertz CT molecular complexity index is 1040. The molecule has 0 saturated carbocycles. The van der Waals surface area contributed by atoms with Crippen LogP contribution < -0.4 is 5.32 Å². The van der Waals surface area contributed by atoms with E-state index >= 15 is 0 Å². The Morgan fingerprint density at radius 3 is 2.69 bits per heavy atom. The highest BCUT2D eigenvalue weighted by molar-refractivity contribution is 7.15. The predicted octanol–water partition coefficient (Wildman–Crippen LogP) is 3.46. The standard InChI is InChI=1S/C19H15FN4OS/c20-15-3-1-14(2-4-15)17-11-24-16(12-26-19(24)23-17)9-18(25)22-10-13-5-7-21-8-6-13/h1-8,11-12H,9-10H2,(H,22,25). The van der Waals surface area contributed by atoms with Crippen LogP contribution in [0.25, 0.3) is 16.2 Å². The van der Waals surface area contributed by atoms with Gasteiger partial charge in [-0.3, -0.25) is 14.2 Å². The van der Waals surface area contributed by atoms with Crippen molar-refractivity contribution in [2.75, 3.05) is 0 Å². The number of pyridine rings is 1. The van der Waals surface area contributed by atoms with Crippen LogP contribution in [0.15, 0.2) is 60.4 Å². The number of halogens is 1. The molecule has 0 fully saturated rings. The van der Waals surface area contributed by atoms with Crippen LogP contribution in [0.1, 0.15) is 11.3 Å². The van der Waals surface area contributed by atoms with Gasteiger partial charge in [-0.15, -0.1) is 11.3 Å². The summed E-state index contributed by atoms with van der Waals surface area (Å²) in [5, 5.41) is 4.84. The summed E-state index contributed by atoms with van der Waals surface area (Å²) < 4.78 is 15.0. The molecule has 0 unspecified atom stereocenters. The van der Waals surface area contributed by atoms with E-state index in [-0.39, 0.29) is 18.1 Å². The minimum absolute atomic E-state index is 0.0569. The maximum Gasteiger partial charge on any atom is 0.226 e. The molecule has 1 aromatic carbocycles. The highest BCUT2D eigenvalue weighted by Crippen LogP contribution is 2.24. The van der Waals surface area contributed by atoms with E-state index in [0.717, 1.165) is 27.5 Å². The Morgan fingerprint density at radius 2 is 1.92 bits per heavy atom. The lowest BCUT2D eigenvalue weighted by molar-refractivity contribution is -0.120. The maximum absolute atomic E-state index is 13.1. The van der Waals surface area contributed by atoms with Crippen molar-refractivity contribution in [2.24, 2.45) is 0 Å². The van der Waals surface area contributed by atoms with E-state index in [1.165, 1.54) is 23.5 Å². The average Bonchev–Trinajstić information content (AvgIpc) is 3.24. The zero-order valence-electron chi connectivity index (χ0n) is 13.7. The third-order valence-corrected chi connectivity index (χ3v) is 4.89. The van der Waals surface area contributed by atoms with Gasteiger partial charge in [-0.1, -0.05) is 0 Å². The minimum Gasteiger partial charge on any atom is -0.352 e. The van der Waals surface area contributed by atoms with Crippen molar-refractivity contribution in [3.05, 3.63) is 77.4 Å². The molecule has 0 aliphatic heterocycles. The number of hydrogen-bond acceptors (Lipinski definition) is 4. The van der Waals surface area contributed by atoms with Crippen molar-refractivity contribution in [1.29, 1.82) is 0 Å². The van der Waals surface area contributed by atoms with Crippen molar-refractivity contribution in [3.63, 3.8) is 0 Å². The van der Waals surface area contributed by atoms with E-state index in [4.69, 9.17) is 0 Å². The van der Waals surface area contributed by atoms with Gasteiger partial charge in [-0.25, -0.2) is 9.37 Å². The molecule has 5 nitrogen and oxygen atoms in total. The van der Waals surface area contributed by atoms with Crippen molar-refractivity contribution in [3.8, 4) is 11.3 Å². The molecule has 130 valence electrons. The highest BCUT2D eigenvalue weighted by Gasteiger charge is 2.12. The smallest absolute Gasteiger partial charge is 0.226 e. The van der Waals surface area contributed by atoms with Crippen LogP contribution in [-0.2, 0) is 17.8 Å². The molecule has 0 aliphatic rings. The molecule has 1 amide bonds. The van der Waals surface area contributed by atoms with Crippen molar-refractivity contribution in [1.82, 2.24) is 19.7 Å². The fraction of sp³-hybridized carbons (Fsp3) is 0.105. The summed E-state index contributed by atoms with van der Waals surface area (Å²) in [7, 11) is 0. The molecule has 4 rings (SSSR count). The molecule has 26 heavy (non-hydrogen) atoms. The molecule has 0 aliphatic carbocycles. The zero-order chi connectivity index (χ0) is 17.9. The number of imidazole rings is 1. The van der Waals surface area contributed by atoms with E-state index in [1.54, 1.807) is 24.5 Å². The molecule has 3 heterocycles. The summed E-state index contributed by atoms with van der Waals surface area (Å²) in [5.41, 5.74) is 3.48. The minimum atomic E-state index is -0.277. The first-order chi connectivity index (χ1) is 12.7. The van der Waals surface area contributed by atoms with Crippen molar-refractivity contribution >= 4 is 22.2 Å². The molecular weight excluding hydrogens is 351 g/mol. The third kappa shape index (κ3) is 3.48. The van der Waals surface area contributed by atoms with E-state index < -0.39 is 0 Å². The lowest BCUT2D eigenvalue weighted by atomic mass is 10.2. The number of thiazole rings is 1. The largest absolute Gasteiger partial charge is 0.352 e. The van der Waals surface area contributed by atoms with E-state index in [9.17, 15) is 9.18 Å². The number of carbonyl (C=O) groups is 1. The number of rotatable bonds is 5. The fourth-order valence-electron chi connectivity index (χ4n) is 2.64. The van der Waals surface area contributed by atoms with Crippen molar-refractivity contribution < 1.29 is 9.18 Å². The Labute approximate surface area is 153 Å². The summed E-state index contributed by atoms with van der Waals surface area (Å²) in [6, 6.07) is 9.96. The number of hydrogen-bond donors (Lipinski definition) is 1. The third-order valence-electron chi connectivity index (χ3n) is 4.00. The molecule has 0 radical (unpaired) electrons. The van der Waals surface area contributed by atoms with Crippen LogP contribution in [0.2, 0.25) is 0 Å². The monoisotopic (exact) mass is 366 g/mol. The fourth-order valence-corrected chi connectivity index (χ4v) is 3.52. The quantitative estimate of drug-likeness (QED) is 0.588. The van der Waals surface area contributed by atoms with Gasteiger partial charge in [0.1, 0.15) is 5.82 Å². The first-order valence-corrected chi connectivity index (χ1v) is 8.94. The van der Waals surface area contributed by atoms with Gasteiger partial charge in [-0.2, -0.15) is 0 Å². The van der Waals surface area contributed by atoms with Gasteiger partial charge in [0.05, 0.1) is 12.1 Å². The summed E-state index contributed by atoms with van der Waals surface area (Å²) in [4.78, 5) is 21.6. The normalized spacial score (nSPS) is 11.0. The van der Waals surface area contributed by atoms with Gasteiger partial charge < -0.3 is 5.32 Å². The zero-order valence-corrected chi connectivity index (χ0v) is 14.5. The summed E-state index contributed by atoms with van der Waals surface area (Å²) in [5.74, 6) is -0.333. The molecule has 0 atom stereocenters. The van der Waals surface area contributed by atoms with Gasteiger partial charge in [0, 0.05) is 41.8 Å². The number of aromatic nitrogens is 3. The number of fused-ring (bicyclic) bond motifs is 1. The SMILES string of the molecule is O=C(Cc1csc2nc(-c3ccc(F)cc3)cn12)NCc1ccncc1. The highest BCUT2D eigenvalue weighted by atomic mass is 32.1. The lowest BCUT2D eigenvalue weighted by Gasteiger charge is -2.04. The Kier molecular flexibility index (Phi) is 4.45. The maximum atomic E-state index is 13.1. The number of nitrogens with one attached hydrogen (secondary N) is 1. The second kappa shape index (κ2) is 7.05. The number of benzene rings is 1. The first-order valence-electron chi connectivity index (χ1n) is 8.06. The van der Waals surface area contributed by atoms with Crippen molar-refractivity contribution in [2.45, 2.75) is 13.0 Å². The van der Waals surface area contributed by atoms with Crippen LogP contribution in [0.5, 0.6) is 0 Å². The van der Waals surface area contributed by atoms with Crippen LogP contribution >= 0.6 is 11.3 Å². The summed E-state index contributed by atoms with van der Waals surface area (Å²) in [6.07, 6.45) is 5.55. The molecule has 1 N–H and O–H groups in total. The van der Waals surface area contributed by atoms with Gasteiger partial charge in [0.25, 0.3) is 0 Å². The number of nitrogens with zero attached hydrogens (tertiary/aromatic N) is 3. The average molecular weight is 366 g/mol. The molecule has 0 saturated heterocycles. The molecule has 4 aromatic rings. The Balaban J connectivity index is 1.48. The van der Waals surface area contributed by atoms with Crippen LogP contribution in [-0.4, -0.2) is 20.3 Å². The first kappa shape index (κ1) is 16.4. The van der Waals surface area contributed by atoms with Crippen LogP contribution in [0.3, 0.4) is 0 Å². The Morgan fingerprint density at radius 1 is 1.15 bits per heavy atom. The molecule has 0 spiro atoms. The summed E-state index contributed by atoms with van der Waals surface area (Å²) in [6.45, 7) is 0.472. The van der Waals surface area contributed by atoms with E-state index in [2.05, 4.69) is 15.3 Å². The second-order valence-electron chi connectivity index (χ2n) is 5.82. The van der Waals surface area contributed by atoms with E-state index in [1.807, 2.05) is 28.1 Å². The van der Waals surface area contributed by atoms with Gasteiger partial charge >= 0.3 is 0 Å². The molecule has 0 bridgehead atoms.